The standard InChI is InChI=1S/C14H24O2/c1-11-8-12(2,3)10-14(16,9-11)7-6-13(4,5)15/h6-7,9,15-16H,8,10H2,1-5H3/b7-6-. The molecular weight excluding hydrogens is 200 g/mol. The van der Waals surface area contributed by atoms with Crippen LogP contribution in [0.1, 0.15) is 47.5 Å². The summed E-state index contributed by atoms with van der Waals surface area (Å²) in [5.41, 5.74) is -0.471. The molecule has 0 aromatic carbocycles. The van der Waals surface area contributed by atoms with E-state index < -0.39 is 11.2 Å². The Bertz CT molecular complexity index is 318. The molecule has 0 amide bonds. The van der Waals surface area contributed by atoms with Gasteiger partial charge in [-0.15, -0.1) is 0 Å². The summed E-state index contributed by atoms with van der Waals surface area (Å²) in [4.78, 5) is 0. The van der Waals surface area contributed by atoms with Gasteiger partial charge in [-0.1, -0.05) is 37.6 Å². The summed E-state index contributed by atoms with van der Waals surface area (Å²) in [7, 11) is 0. The molecule has 0 saturated heterocycles. The fourth-order valence-electron chi connectivity index (χ4n) is 2.57. The number of aliphatic hydroxyl groups is 2. The third-order valence-electron chi connectivity index (χ3n) is 2.80. The van der Waals surface area contributed by atoms with Gasteiger partial charge in [0.1, 0.15) is 5.60 Å². The quantitative estimate of drug-likeness (QED) is 0.708. The predicted molar refractivity (Wildman–Crippen MR) is 67.2 cm³/mol. The monoisotopic (exact) mass is 224 g/mol. The first-order valence-corrected chi connectivity index (χ1v) is 5.85. The highest BCUT2D eigenvalue weighted by Gasteiger charge is 2.35. The third kappa shape index (κ3) is 4.11. The van der Waals surface area contributed by atoms with Gasteiger partial charge < -0.3 is 10.2 Å². The van der Waals surface area contributed by atoms with Crippen molar-refractivity contribution in [3.63, 3.8) is 0 Å². The molecule has 0 bridgehead atoms. The van der Waals surface area contributed by atoms with Gasteiger partial charge in [-0.3, -0.25) is 0 Å². The molecule has 0 heterocycles. The molecule has 1 atom stereocenters. The molecule has 1 rings (SSSR count). The van der Waals surface area contributed by atoms with Gasteiger partial charge in [0.05, 0.1) is 5.60 Å². The predicted octanol–water partition coefficient (Wildman–Crippen LogP) is 2.81. The fraction of sp³-hybridized carbons (Fsp3) is 0.714. The Morgan fingerprint density at radius 1 is 1.38 bits per heavy atom. The fourth-order valence-corrected chi connectivity index (χ4v) is 2.57. The van der Waals surface area contributed by atoms with Gasteiger partial charge in [0.25, 0.3) is 0 Å². The van der Waals surface area contributed by atoms with Gasteiger partial charge in [0.2, 0.25) is 0 Å². The van der Waals surface area contributed by atoms with Crippen molar-refractivity contribution in [1.82, 2.24) is 0 Å². The van der Waals surface area contributed by atoms with Crippen LogP contribution in [0.2, 0.25) is 0 Å². The van der Waals surface area contributed by atoms with Crippen LogP contribution in [0, 0.1) is 5.41 Å². The lowest BCUT2D eigenvalue weighted by atomic mass is 9.71. The smallest absolute Gasteiger partial charge is 0.102 e. The van der Waals surface area contributed by atoms with E-state index in [0.29, 0.717) is 6.42 Å². The van der Waals surface area contributed by atoms with Gasteiger partial charge >= 0.3 is 0 Å². The maximum atomic E-state index is 10.5. The van der Waals surface area contributed by atoms with Crippen molar-refractivity contribution < 1.29 is 10.2 Å². The van der Waals surface area contributed by atoms with Crippen LogP contribution in [0.25, 0.3) is 0 Å². The SMILES string of the molecule is CC1=CC(O)(/C=C\C(C)(C)O)CC(C)(C)C1. The van der Waals surface area contributed by atoms with Crippen LogP contribution in [0.15, 0.2) is 23.8 Å². The van der Waals surface area contributed by atoms with Gasteiger partial charge in [-0.2, -0.15) is 0 Å². The van der Waals surface area contributed by atoms with E-state index in [2.05, 4.69) is 13.8 Å². The van der Waals surface area contributed by atoms with E-state index in [0.717, 1.165) is 6.42 Å². The van der Waals surface area contributed by atoms with E-state index in [-0.39, 0.29) is 5.41 Å². The van der Waals surface area contributed by atoms with Gasteiger partial charge in [-0.25, -0.2) is 0 Å². The molecule has 1 aliphatic carbocycles. The number of allylic oxidation sites excluding steroid dienone is 1. The number of hydrogen-bond acceptors (Lipinski definition) is 2. The molecule has 0 fully saturated rings. The maximum Gasteiger partial charge on any atom is 0.102 e. The Morgan fingerprint density at radius 3 is 2.38 bits per heavy atom. The molecule has 2 heteroatoms. The second-order valence-corrected chi connectivity index (χ2v) is 6.49. The molecule has 0 aromatic heterocycles. The molecule has 0 spiro atoms. The van der Waals surface area contributed by atoms with Crippen molar-refractivity contribution >= 4 is 0 Å². The van der Waals surface area contributed by atoms with Crippen molar-refractivity contribution in [3.8, 4) is 0 Å². The number of rotatable bonds is 2. The average Bonchev–Trinajstić information content (AvgIpc) is 1.94. The molecule has 1 aliphatic rings. The second-order valence-electron chi connectivity index (χ2n) is 6.49. The van der Waals surface area contributed by atoms with Gasteiger partial charge in [0.15, 0.2) is 0 Å². The first-order chi connectivity index (χ1) is 7.02. The largest absolute Gasteiger partial charge is 0.386 e. The number of hydrogen-bond donors (Lipinski definition) is 2. The van der Waals surface area contributed by atoms with E-state index in [1.165, 1.54) is 5.57 Å². The van der Waals surface area contributed by atoms with Crippen LogP contribution >= 0.6 is 0 Å². The minimum Gasteiger partial charge on any atom is -0.386 e. The van der Waals surface area contributed by atoms with Gasteiger partial charge in [0, 0.05) is 0 Å². The molecule has 16 heavy (non-hydrogen) atoms. The molecule has 0 aliphatic heterocycles. The average molecular weight is 224 g/mol. The van der Waals surface area contributed by atoms with E-state index in [1.807, 2.05) is 13.0 Å². The van der Waals surface area contributed by atoms with Crippen molar-refractivity contribution in [1.29, 1.82) is 0 Å². The summed E-state index contributed by atoms with van der Waals surface area (Å²) in [6.07, 6.45) is 7.01. The highest BCUT2D eigenvalue weighted by atomic mass is 16.3. The van der Waals surface area contributed by atoms with Crippen LogP contribution in [0.5, 0.6) is 0 Å². The third-order valence-corrected chi connectivity index (χ3v) is 2.80. The second kappa shape index (κ2) is 4.01. The molecule has 0 saturated carbocycles. The molecule has 2 N–H and O–H groups in total. The topological polar surface area (TPSA) is 40.5 Å². The zero-order valence-electron chi connectivity index (χ0n) is 11.0. The lowest BCUT2D eigenvalue weighted by molar-refractivity contribution is 0.0689. The van der Waals surface area contributed by atoms with Crippen LogP contribution in [0.3, 0.4) is 0 Å². The van der Waals surface area contributed by atoms with Crippen molar-refractivity contribution in [2.75, 3.05) is 0 Å². The molecule has 92 valence electrons. The lowest BCUT2D eigenvalue weighted by Crippen LogP contribution is -2.35. The van der Waals surface area contributed by atoms with Crippen molar-refractivity contribution in [2.45, 2.75) is 58.7 Å². The van der Waals surface area contributed by atoms with E-state index in [9.17, 15) is 10.2 Å². The van der Waals surface area contributed by atoms with Crippen molar-refractivity contribution in [2.24, 2.45) is 5.41 Å². The Morgan fingerprint density at radius 2 is 1.94 bits per heavy atom. The van der Waals surface area contributed by atoms with Crippen LogP contribution in [-0.4, -0.2) is 21.4 Å². The first-order valence-electron chi connectivity index (χ1n) is 5.85. The molecule has 0 aromatic rings. The lowest BCUT2D eigenvalue weighted by Gasteiger charge is -2.38. The molecule has 2 nitrogen and oxygen atoms in total. The normalized spacial score (nSPS) is 30.6. The van der Waals surface area contributed by atoms with Crippen LogP contribution in [-0.2, 0) is 0 Å². The summed E-state index contributed by atoms with van der Waals surface area (Å²) in [5.74, 6) is 0. The Kier molecular flexibility index (Phi) is 3.37. The van der Waals surface area contributed by atoms with Crippen LogP contribution in [0.4, 0.5) is 0 Å². The minimum atomic E-state index is -0.911. The Balaban J connectivity index is 2.93. The molecule has 1 unspecified atom stereocenters. The highest BCUT2D eigenvalue weighted by Crippen LogP contribution is 2.40. The molecular formula is C14H24O2. The van der Waals surface area contributed by atoms with E-state index in [4.69, 9.17) is 0 Å². The Labute approximate surface area is 98.7 Å². The zero-order chi connectivity index (χ0) is 12.6. The highest BCUT2D eigenvalue weighted by molar-refractivity contribution is 5.24. The minimum absolute atomic E-state index is 0.109. The molecule has 0 radical (unpaired) electrons. The van der Waals surface area contributed by atoms with E-state index in [1.54, 1.807) is 26.0 Å². The van der Waals surface area contributed by atoms with Gasteiger partial charge in [-0.05, 0) is 39.0 Å². The van der Waals surface area contributed by atoms with Crippen molar-refractivity contribution in [3.05, 3.63) is 23.8 Å². The van der Waals surface area contributed by atoms with Crippen LogP contribution < -0.4 is 0 Å². The summed E-state index contributed by atoms with van der Waals surface area (Å²) < 4.78 is 0. The first kappa shape index (κ1) is 13.5. The zero-order valence-corrected chi connectivity index (χ0v) is 11.0. The summed E-state index contributed by atoms with van der Waals surface area (Å²) in [6.45, 7) is 9.78. The Hall–Kier alpha value is -0.600. The summed E-state index contributed by atoms with van der Waals surface area (Å²) >= 11 is 0. The van der Waals surface area contributed by atoms with E-state index >= 15 is 0 Å². The summed E-state index contributed by atoms with van der Waals surface area (Å²) in [5, 5.41) is 20.1. The maximum absolute atomic E-state index is 10.5. The summed E-state index contributed by atoms with van der Waals surface area (Å²) in [6, 6.07) is 0.